The number of anilines is 2. The minimum absolute atomic E-state index is 0.156. The Bertz CT molecular complexity index is 1190. The van der Waals surface area contributed by atoms with Crippen molar-refractivity contribution >= 4 is 34.8 Å². The van der Waals surface area contributed by atoms with Crippen LogP contribution in [0.1, 0.15) is 15.9 Å². The van der Waals surface area contributed by atoms with Crippen LogP contribution in [0, 0.1) is 0 Å². The van der Waals surface area contributed by atoms with Gasteiger partial charge in [0.15, 0.2) is 0 Å². The van der Waals surface area contributed by atoms with Crippen LogP contribution in [-0.2, 0) is 11.2 Å². The number of nitrogens with one attached hydrogen (secondary N) is 2. The third-order valence-electron chi connectivity index (χ3n) is 4.46. The Hall–Kier alpha value is -4.04. The highest BCUT2D eigenvalue weighted by Gasteiger charge is 2.14. The van der Waals surface area contributed by atoms with Gasteiger partial charge in [0, 0.05) is 10.7 Å². The van der Waals surface area contributed by atoms with Crippen molar-refractivity contribution in [2.45, 2.75) is 6.42 Å². The molecule has 3 aromatic carbocycles. The maximum Gasteiger partial charge on any atom is 0.257 e. The molecule has 0 aliphatic carbocycles. The summed E-state index contributed by atoms with van der Waals surface area (Å²) >= 11 is 5.88. The fourth-order valence-corrected chi connectivity index (χ4v) is 3.07. The first-order valence-electron chi connectivity index (χ1n) is 9.36. The molecule has 31 heavy (non-hydrogen) atoms. The second-order valence-corrected chi connectivity index (χ2v) is 7.09. The Kier molecular flexibility index (Phi) is 6.00. The molecule has 1 aromatic heterocycles. The van der Waals surface area contributed by atoms with E-state index in [1.807, 2.05) is 24.3 Å². The number of carbonyl (C=O) groups is 2. The van der Waals surface area contributed by atoms with Crippen molar-refractivity contribution in [1.29, 1.82) is 0 Å². The zero-order chi connectivity index (χ0) is 21.6. The van der Waals surface area contributed by atoms with Crippen LogP contribution in [0.15, 0.2) is 79.1 Å². The molecule has 0 bridgehead atoms. The van der Waals surface area contributed by atoms with E-state index in [4.69, 9.17) is 11.6 Å². The minimum atomic E-state index is -0.330. The van der Waals surface area contributed by atoms with Crippen LogP contribution >= 0.6 is 11.6 Å². The van der Waals surface area contributed by atoms with Gasteiger partial charge < -0.3 is 10.6 Å². The number of hydrogen-bond acceptors (Lipinski definition) is 5. The SMILES string of the molecule is O=C(Cc1ccc(-n2cnnn2)cc1)Nc1ccccc1C(=O)Nc1ccc(Cl)cc1. The number of hydrogen-bond donors (Lipinski definition) is 2. The van der Waals surface area contributed by atoms with Crippen LogP contribution in [0.3, 0.4) is 0 Å². The van der Waals surface area contributed by atoms with Gasteiger partial charge in [0.05, 0.1) is 23.4 Å². The van der Waals surface area contributed by atoms with E-state index < -0.39 is 0 Å². The normalized spacial score (nSPS) is 10.5. The van der Waals surface area contributed by atoms with Crippen molar-refractivity contribution in [2.75, 3.05) is 10.6 Å². The van der Waals surface area contributed by atoms with Gasteiger partial charge in [-0.3, -0.25) is 9.59 Å². The molecule has 9 heteroatoms. The summed E-state index contributed by atoms with van der Waals surface area (Å²) in [4.78, 5) is 25.3. The van der Waals surface area contributed by atoms with Crippen molar-refractivity contribution in [3.63, 3.8) is 0 Å². The molecule has 0 atom stereocenters. The van der Waals surface area contributed by atoms with Crippen LogP contribution in [0.4, 0.5) is 11.4 Å². The summed E-state index contributed by atoms with van der Waals surface area (Å²) in [5, 5.41) is 17.2. The highest BCUT2D eigenvalue weighted by molar-refractivity contribution is 6.30. The molecule has 0 spiro atoms. The lowest BCUT2D eigenvalue weighted by Gasteiger charge is -2.12. The first-order chi connectivity index (χ1) is 15.1. The Labute approximate surface area is 182 Å². The summed E-state index contributed by atoms with van der Waals surface area (Å²) in [5.41, 5.74) is 3.01. The third-order valence-corrected chi connectivity index (χ3v) is 4.71. The second kappa shape index (κ2) is 9.19. The van der Waals surface area contributed by atoms with E-state index in [9.17, 15) is 9.59 Å². The van der Waals surface area contributed by atoms with Crippen LogP contribution in [0.25, 0.3) is 5.69 Å². The summed E-state index contributed by atoms with van der Waals surface area (Å²) in [5.74, 6) is -0.564. The Balaban J connectivity index is 1.42. The van der Waals surface area contributed by atoms with Gasteiger partial charge in [-0.05, 0) is 64.5 Å². The third kappa shape index (κ3) is 5.12. The van der Waals surface area contributed by atoms with Gasteiger partial charge in [-0.15, -0.1) is 5.10 Å². The molecule has 0 aliphatic rings. The molecule has 4 aromatic rings. The molecule has 0 unspecified atom stereocenters. The Morgan fingerprint density at radius 1 is 0.903 bits per heavy atom. The predicted octanol–water partition coefficient (Wildman–Crippen LogP) is 3.75. The molecule has 4 rings (SSSR count). The highest BCUT2D eigenvalue weighted by atomic mass is 35.5. The maximum absolute atomic E-state index is 12.7. The summed E-state index contributed by atoms with van der Waals surface area (Å²) in [7, 11) is 0. The van der Waals surface area contributed by atoms with Crippen LogP contribution in [0.5, 0.6) is 0 Å². The van der Waals surface area contributed by atoms with Gasteiger partial charge in [-0.1, -0.05) is 35.9 Å². The number of halogens is 1. The number of nitrogens with zero attached hydrogens (tertiary/aromatic N) is 4. The quantitative estimate of drug-likeness (QED) is 0.483. The Morgan fingerprint density at radius 2 is 1.65 bits per heavy atom. The van der Waals surface area contributed by atoms with E-state index in [0.717, 1.165) is 11.3 Å². The summed E-state index contributed by atoms with van der Waals surface area (Å²) < 4.78 is 1.53. The number of tetrazole rings is 1. The van der Waals surface area contributed by atoms with Crippen LogP contribution in [-0.4, -0.2) is 32.0 Å². The van der Waals surface area contributed by atoms with E-state index in [1.165, 1.54) is 11.0 Å². The molecule has 154 valence electrons. The van der Waals surface area contributed by atoms with Gasteiger partial charge in [0.1, 0.15) is 6.33 Å². The molecule has 0 fully saturated rings. The van der Waals surface area contributed by atoms with Gasteiger partial charge in [0.25, 0.3) is 5.91 Å². The zero-order valence-corrected chi connectivity index (χ0v) is 17.0. The van der Waals surface area contributed by atoms with Crippen LogP contribution < -0.4 is 10.6 Å². The predicted molar refractivity (Wildman–Crippen MR) is 117 cm³/mol. The number of para-hydroxylation sites is 1. The smallest absolute Gasteiger partial charge is 0.257 e. The van der Waals surface area contributed by atoms with Gasteiger partial charge in [0.2, 0.25) is 5.91 Å². The van der Waals surface area contributed by atoms with Gasteiger partial charge in [-0.25, -0.2) is 4.68 Å². The van der Waals surface area contributed by atoms with Gasteiger partial charge >= 0.3 is 0 Å². The molecule has 0 saturated heterocycles. The average molecular weight is 433 g/mol. The number of carbonyl (C=O) groups excluding carboxylic acids is 2. The van der Waals surface area contributed by atoms with E-state index in [0.29, 0.717) is 22.0 Å². The van der Waals surface area contributed by atoms with E-state index >= 15 is 0 Å². The van der Waals surface area contributed by atoms with Crippen molar-refractivity contribution in [2.24, 2.45) is 0 Å². The maximum atomic E-state index is 12.7. The molecular weight excluding hydrogens is 416 g/mol. The molecule has 0 saturated carbocycles. The highest BCUT2D eigenvalue weighted by Crippen LogP contribution is 2.19. The molecule has 0 aliphatic heterocycles. The van der Waals surface area contributed by atoms with Crippen molar-refractivity contribution in [3.05, 3.63) is 95.3 Å². The van der Waals surface area contributed by atoms with Crippen molar-refractivity contribution in [1.82, 2.24) is 20.2 Å². The van der Waals surface area contributed by atoms with E-state index in [-0.39, 0.29) is 18.2 Å². The van der Waals surface area contributed by atoms with Gasteiger partial charge in [-0.2, -0.15) is 0 Å². The fraction of sp³-hybridized carbons (Fsp3) is 0.0455. The van der Waals surface area contributed by atoms with E-state index in [1.54, 1.807) is 48.5 Å². The molecule has 2 amide bonds. The molecule has 8 nitrogen and oxygen atoms in total. The first-order valence-corrected chi connectivity index (χ1v) is 9.74. The molecule has 2 N–H and O–H groups in total. The molecule has 1 heterocycles. The fourth-order valence-electron chi connectivity index (χ4n) is 2.95. The largest absolute Gasteiger partial charge is 0.325 e. The summed E-state index contributed by atoms with van der Waals surface area (Å²) in [6, 6.07) is 21.0. The Morgan fingerprint density at radius 3 is 2.35 bits per heavy atom. The lowest BCUT2D eigenvalue weighted by atomic mass is 10.1. The summed E-state index contributed by atoms with van der Waals surface area (Å²) in [6.45, 7) is 0. The minimum Gasteiger partial charge on any atom is -0.325 e. The van der Waals surface area contributed by atoms with E-state index in [2.05, 4.69) is 26.2 Å². The lowest BCUT2D eigenvalue weighted by Crippen LogP contribution is -2.19. The molecular formula is C22H17ClN6O2. The number of amides is 2. The average Bonchev–Trinajstić information content (AvgIpc) is 3.31. The second-order valence-electron chi connectivity index (χ2n) is 6.65. The lowest BCUT2D eigenvalue weighted by molar-refractivity contribution is -0.115. The van der Waals surface area contributed by atoms with Crippen molar-refractivity contribution < 1.29 is 9.59 Å². The topological polar surface area (TPSA) is 102 Å². The molecule has 0 radical (unpaired) electrons. The van der Waals surface area contributed by atoms with Crippen LogP contribution in [0.2, 0.25) is 5.02 Å². The number of aromatic nitrogens is 4. The monoisotopic (exact) mass is 432 g/mol. The summed E-state index contributed by atoms with van der Waals surface area (Å²) in [6.07, 6.45) is 1.65. The van der Waals surface area contributed by atoms with Crippen molar-refractivity contribution in [3.8, 4) is 5.69 Å². The zero-order valence-electron chi connectivity index (χ0n) is 16.2. The first kappa shape index (κ1) is 20.2. The number of benzene rings is 3. The number of rotatable bonds is 6. The standard InChI is InChI=1S/C22H17ClN6O2/c23-16-7-9-17(10-8-16)25-22(31)19-3-1-2-4-20(19)26-21(30)13-15-5-11-18(12-6-15)29-14-24-27-28-29/h1-12,14H,13H2,(H,25,31)(H,26,30).